The molecule has 0 atom stereocenters. The lowest BCUT2D eigenvalue weighted by molar-refractivity contribution is -0.137. The Balaban J connectivity index is 1.64. The van der Waals surface area contributed by atoms with Crippen LogP contribution in [0.4, 0.5) is 18.9 Å². The summed E-state index contributed by atoms with van der Waals surface area (Å²) in [5.74, 6) is -0.720. The zero-order valence-electron chi connectivity index (χ0n) is 16.2. The van der Waals surface area contributed by atoms with Gasteiger partial charge < -0.3 is 5.32 Å². The molecular weight excluding hydrogens is 415 g/mol. The summed E-state index contributed by atoms with van der Waals surface area (Å²) in [6.45, 7) is 2.14. The van der Waals surface area contributed by atoms with Gasteiger partial charge in [0.1, 0.15) is 0 Å². The topological polar surface area (TPSA) is 72.7 Å². The van der Waals surface area contributed by atoms with E-state index in [9.17, 15) is 18.0 Å². The number of hydrogen-bond acceptors (Lipinski definition) is 5. The van der Waals surface area contributed by atoms with Crippen LogP contribution in [0, 0.1) is 0 Å². The number of halogens is 3. The van der Waals surface area contributed by atoms with Crippen molar-refractivity contribution in [3.8, 4) is 5.69 Å². The van der Waals surface area contributed by atoms with E-state index in [0.29, 0.717) is 5.16 Å². The Kier molecular flexibility index (Phi) is 7.09. The second-order valence-electron chi connectivity index (χ2n) is 6.52. The number of anilines is 1. The standard InChI is InChI=1S/C20H20F3N5OS/c1-2-3-6-14-9-11-15(12-10-14)28-19(25-26-27-28)30-13-18(29)24-17-8-5-4-7-16(17)20(21,22)23/h4-5,7-12H,2-3,6,13H2,1H3,(H,24,29). The van der Waals surface area contributed by atoms with Crippen LogP contribution in [0.3, 0.4) is 0 Å². The average molecular weight is 435 g/mol. The van der Waals surface area contributed by atoms with E-state index < -0.39 is 17.6 Å². The van der Waals surface area contributed by atoms with Crippen molar-refractivity contribution in [2.45, 2.75) is 37.5 Å². The van der Waals surface area contributed by atoms with Crippen LogP contribution >= 0.6 is 11.8 Å². The normalized spacial score (nSPS) is 11.5. The van der Waals surface area contributed by atoms with Crippen molar-refractivity contribution in [1.82, 2.24) is 20.2 Å². The predicted molar refractivity (Wildman–Crippen MR) is 109 cm³/mol. The summed E-state index contributed by atoms with van der Waals surface area (Å²) in [7, 11) is 0. The summed E-state index contributed by atoms with van der Waals surface area (Å²) in [5, 5.41) is 14.2. The molecular formula is C20H20F3N5OS. The highest BCUT2D eigenvalue weighted by atomic mass is 32.2. The Morgan fingerprint density at radius 3 is 2.57 bits per heavy atom. The maximum Gasteiger partial charge on any atom is 0.418 e. The molecule has 3 rings (SSSR count). The molecule has 2 aromatic carbocycles. The van der Waals surface area contributed by atoms with Crippen molar-refractivity contribution in [2.24, 2.45) is 0 Å². The number of nitrogens with one attached hydrogen (secondary N) is 1. The molecule has 0 spiro atoms. The van der Waals surface area contributed by atoms with Gasteiger partial charge in [0, 0.05) is 0 Å². The van der Waals surface area contributed by atoms with Crippen molar-refractivity contribution < 1.29 is 18.0 Å². The number of rotatable bonds is 8. The monoisotopic (exact) mass is 435 g/mol. The molecule has 0 radical (unpaired) electrons. The van der Waals surface area contributed by atoms with Gasteiger partial charge in [-0.15, -0.1) is 5.10 Å². The summed E-state index contributed by atoms with van der Waals surface area (Å²) in [6, 6.07) is 12.6. The van der Waals surface area contributed by atoms with Gasteiger partial charge in [-0.05, 0) is 53.1 Å². The third-order valence-corrected chi connectivity index (χ3v) is 5.20. The Hall–Kier alpha value is -2.88. The maximum atomic E-state index is 13.1. The number of unbranched alkanes of at least 4 members (excludes halogenated alkanes) is 1. The molecule has 0 aliphatic heterocycles. The van der Waals surface area contributed by atoms with Gasteiger partial charge in [0.25, 0.3) is 0 Å². The SMILES string of the molecule is CCCCc1ccc(-n2nnnc2SCC(=O)Nc2ccccc2C(F)(F)F)cc1. The molecule has 1 N–H and O–H groups in total. The minimum atomic E-state index is -4.55. The third-order valence-electron chi connectivity index (χ3n) is 4.28. The van der Waals surface area contributed by atoms with Crippen LogP contribution in [0.15, 0.2) is 53.7 Å². The van der Waals surface area contributed by atoms with Gasteiger partial charge in [0.15, 0.2) is 0 Å². The maximum absolute atomic E-state index is 13.1. The number of nitrogens with zero attached hydrogens (tertiary/aromatic N) is 4. The van der Waals surface area contributed by atoms with Crippen LogP contribution in [0.5, 0.6) is 0 Å². The van der Waals surface area contributed by atoms with Crippen molar-refractivity contribution in [3.05, 3.63) is 59.7 Å². The van der Waals surface area contributed by atoms with Gasteiger partial charge in [-0.1, -0.05) is 49.4 Å². The third kappa shape index (κ3) is 5.59. The number of carbonyl (C=O) groups is 1. The number of thioether (sulfide) groups is 1. The van der Waals surface area contributed by atoms with E-state index in [1.807, 2.05) is 24.3 Å². The smallest absolute Gasteiger partial charge is 0.325 e. The van der Waals surface area contributed by atoms with E-state index in [1.165, 1.54) is 28.4 Å². The molecule has 0 unspecified atom stereocenters. The van der Waals surface area contributed by atoms with E-state index >= 15 is 0 Å². The molecule has 30 heavy (non-hydrogen) atoms. The van der Waals surface area contributed by atoms with Gasteiger partial charge in [-0.2, -0.15) is 17.9 Å². The number of benzene rings is 2. The molecule has 0 aliphatic rings. The number of alkyl halides is 3. The summed E-state index contributed by atoms with van der Waals surface area (Å²) < 4.78 is 40.7. The molecule has 1 heterocycles. The molecule has 0 saturated heterocycles. The Labute approximate surface area is 175 Å². The second-order valence-corrected chi connectivity index (χ2v) is 7.47. The van der Waals surface area contributed by atoms with Crippen molar-refractivity contribution in [2.75, 3.05) is 11.1 Å². The average Bonchev–Trinajstić information content (AvgIpc) is 3.19. The van der Waals surface area contributed by atoms with Gasteiger partial charge in [0.05, 0.1) is 22.7 Å². The number of aromatic nitrogens is 4. The fourth-order valence-electron chi connectivity index (χ4n) is 2.77. The van der Waals surface area contributed by atoms with E-state index in [0.717, 1.165) is 42.8 Å². The summed E-state index contributed by atoms with van der Waals surface area (Å²) in [4.78, 5) is 12.2. The molecule has 10 heteroatoms. The minimum absolute atomic E-state index is 0.138. The first kappa shape index (κ1) is 21.8. The first-order chi connectivity index (χ1) is 14.4. The van der Waals surface area contributed by atoms with Crippen molar-refractivity contribution in [1.29, 1.82) is 0 Å². The number of hydrogen-bond donors (Lipinski definition) is 1. The van der Waals surface area contributed by atoms with Crippen LogP contribution in [0.1, 0.15) is 30.9 Å². The van der Waals surface area contributed by atoms with Crippen LogP contribution in [-0.2, 0) is 17.4 Å². The highest BCUT2D eigenvalue weighted by Gasteiger charge is 2.33. The largest absolute Gasteiger partial charge is 0.418 e. The molecule has 0 saturated carbocycles. The van der Waals surface area contributed by atoms with Crippen molar-refractivity contribution >= 4 is 23.4 Å². The predicted octanol–water partition coefficient (Wildman–Crippen LogP) is 4.75. The quantitative estimate of drug-likeness (QED) is 0.517. The number of tetrazole rings is 1. The van der Waals surface area contributed by atoms with Gasteiger partial charge in [0.2, 0.25) is 11.1 Å². The fourth-order valence-corrected chi connectivity index (χ4v) is 3.46. The first-order valence-corrected chi connectivity index (χ1v) is 10.3. The molecule has 1 aromatic heterocycles. The Morgan fingerprint density at radius 1 is 1.13 bits per heavy atom. The van der Waals surface area contributed by atoms with Crippen LogP contribution in [0.25, 0.3) is 5.69 Å². The van der Waals surface area contributed by atoms with Gasteiger partial charge in [-0.25, -0.2) is 0 Å². The number of amides is 1. The highest BCUT2D eigenvalue weighted by molar-refractivity contribution is 7.99. The lowest BCUT2D eigenvalue weighted by Gasteiger charge is -2.13. The Bertz CT molecular complexity index is 989. The van der Waals surface area contributed by atoms with Gasteiger partial charge >= 0.3 is 6.18 Å². The summed E-state index contributed by atoms with van der Waals surface area (Å²) >= 11 is 1.04. The van der Waals surface area contributed by atoms with Gasteiger partial charge in [-0.3, -0.25) is 4.79 Å². The number of aryl methyl sites for hydroxylation is 1. The molecule has 3 aromatic rings. The molecule has 1 amide bonds. The highest BCUT2D eigenvalue weighted by Crippen LogP contribution is 2.34. The lowest BCUT2D eigenvalue weighted by Crippen LogP contribution is -2.18. The van der Waals surface area contributed by atoms with Crippen LogP contribution < -0.4 is 5.32 Å². The van der Waals surface area contributed by atoms with E-state index in [1.54, 1.807) is 0 Å². The molecule has 6 nitrogen and oxygen atoms in total. The fraction of sp³-hybridized carbons (Fsp3) is 0.300. The summed E-state index contributed by atoms with van der Waals surface area (Å²) in [6.07, 6.45) is -1.33. The van der Waals surface area contributed by atoms with E-state index in [4.69, 9.17) is 0 Å². The number of para-hydroxylation sites is 1. The lowest BCUT2D eigenvalue weighted by atomic mass is 10.1. The van der Waals surface area contributed by atoms with Crippen molar-refractivity contribution in [3.63, 3.8) is 0 Å². The first-order valence-electron chi connectivity index (χ1n) is 9.35. The Morgan fingerprint density at radius 2 is 1.87 bits per heavy atom. The summed E-state index contributed by atoms with van der Waals surface area (Å²) in [5.41, 5.74) is 0.783. The van der Waals surface area contributed by atoms with Crippen LogP contribution in [-0.4, -0.2) is 31.9 Å². The van der Waals surface area contributed by atoms with Crippen LogP contribution in [0.2, 0.25) is 0 Å². The molecule has 0 aliphatic carbocycles. The minimum Gasteiger partial charge on any atom is -0.325 e. The van der Waals surface area contributed by atoms with E-state index in [-0.39, 0.29) is 11.4 Å². The zero-order valence-corrected chi connectivity index (χ0v) is 17.0. The zero-order chi connectivity index (χ0) is 21.6. The van der Waals surface area contributed by atoms with E-state index in [2.05, 4.69) is 27.8 Å². The molecule has 0 fully saturated rings. The number of carbonyl (C=O) groups excluding carboxylic acids is 1. The molecule has 0 bridgehead atoms. The second kappa shape index (κ2) is 9.75. The molecule has 158 valence electrons.